The number of rotatable bonds is 4. The molecule has 0 unspecified atom stereocenters. The Bertz CT molecular complexity index is 946. The second kappa shape index (κ2) is 6.72. The highest BCUT2D eigenvalue weighted by Gasteiger charge is 2.15. The molecule has 0 aliphatic carbocycles. The summed E-state index contributed by atoms with van der Waals surface area (Å²) < 4.78 is 6.59. The van der Waals surface area contributed by atoms with E-state index < -0.39 is 5.91 Å². The van der Waals surface area contributed by atoms with Crippen molar-refractivity contribution in [3.05, 3.63) is 69.8 Å². The van der Waals surface area contributed by atoms with Crippen molar-refractivity contribution in [3.63, 3.8) is 0 Å². The second-order valence-corrected chi connectivity index (χ2v) is 5.52. The van der Waals surface area contributed by atoms with Gasteiger partial charge in [-0.1, -0.05) is 28.9 Å². The molecule has 1 amide bonds. The number of aromatic nitrogens is 2. The number of amides is 1. The van der Waals surface area contributed by atoms with Crippen molar-refractivity contribution < 1.29 is 9.32 Å². The van der Waals surface area contributed by atoms with Crippen molar-refractivity contribution in [1.82, 2.24) is 9.72 Å². The molecular formula is C17H14ClN3O3. The van der Waals surface area contributed by atoms with Gasteiger partial charge in [-0.2, -0.15) is 0 Å². The molecule has 0 saturated heterocycles. The quantitative estimate of drug-likeness (QED) is 0.787. The van der Waals surface area contributed by atoms with E-state index in [-0.39, 0.29) is 11.3 Å². The number of halogens is 1. The smallest absolute Gasteiger partial charge is 0.294 e. The Morgan fingerprint density at radius 1 is 1.29 bits per heavy atom. The molecule has 0 fully saturated rings. The van der Waals surface area contributed by atoms with E-state index in [1.165, 1.54) is 16.7 Å². The maximum atomic E-state index is 12.3. The van der Waals surface area contributed by atoms with Crippen LogP contribution in [0.4, 0.5) is 5.69 Å². The third kappa shape index (κ3) is 3.38. The Labute approximate surface area is 142 Å². The molecule has 6 nitrogen and oxygen atoms in total. The van der Waals surface area contributed by atoms with Gasteiger partial charge in [0.2, 0.25) is 5.76 Å². The number of hydrogen-bond acceptors (Lipinski definition) is 4. The molecule has 122 valence electrons. The number of carbonyl (C=O) groups is 1. The molecular weight excluding hydrogens is 330 g/mol. The Morgan fingerprint density at radius 2 is 2.12 bits per heavy atom. The van der Waals surface area contributed by atoms with Crippen LogP contribution in [-0.4, -0.2) is 15.6 Å². The van der Waals surface area contributed by atoms with Gasteiger partial charge in [-0.05, 0) is 25.1 Å². The molecule has 0 aliphatic rings. The topological polar surface area (TPSA) is 77.1 Å². The first kappa shape index (κ1) is 16.0. The van der Waals surface area contributed by atoms with Crippen LogP contribution in [0.15, 0.2) is 58.0 Å². The van der Waals surface area contributed by atoms with Crippen LogP contribution in [0, 0.1) is 0 Å². The molecule has 0 radical (unpaired) electrons. The van der Waals surface area contributed by atoms with Gasteiger partial charge in [0.25, 0.3) is 11.5 Å². The number of anilines is 1. The summed E-state index contributed by atoms with van der Waals surface area (Å²) in [5, 5.41) is 7.14. The van der Waals surface area contributed by atoms with Crippen LogP contribution in [-0.2, 0) is 6.54 Å². The van der Waals surface area contributed by atoms with Gasteiger partial charge in [0, 0.05) is 35.5 Å². The molecule has 3 rings (SSSR count). The average molecular weight is 344 g/mol. The summed E-state index contributed by atoms with van der Waals surface area (Å²) in [7, 11) is 0. The molecule has 1 N–H and O–H groups in total. The summed E-state index contributed by atoms with van der Waals surface area (Å²) in [4.78, 5) is 23.8. The van der Waals surface area contributed by atoms with Gasteiger partial charge in [-0.25, -0.2) is 0 Å². The van der Waals surface area contributed by atoms with Crippen LogP contribution in [0.2, 0.25) is 5.02 Å². The van der Waals surface area contributed by atoms with Crippen molar-refractivity contribution in [2.45, 2.75) is 13.5 Å². The summed E-state index contributed by atoms with van der Waals surface area (Å²) in [5.74, 6) is -0.378. The number of pyridine rings is 1. The first-order valence-corrected chi connectivity index (χ1v) is 7.69. The number of benzene rings is 1. The van der Waals surface area contributed by atoms with Gasteiger partial charge in [-0.15, -0.1) is 0 Å². The largest absolute Gasteiger partial charge is 0.350 e. The molecule has 0 bridgehead atoms. The summed E-state index contributed by atoms with van der Waals surface area (Å²) in [6.45, 7) is 2.37. The number of nitrogens with one attached hydrogen (secondary N) is 1. The molecule has 0 atom stereocenters. The maximum Gasteiger partial charge on any atom is 0.294 e. The third-order valence-electron chi connectivity index (χ3n) is 3.44. The van der Waals surface area contributed by atoms with E-state index in [0.717, 1.165) is 5.56 Å². The third-order valence-corrected chi connectivity index (χ3v) is 3.67. The van der Waals surface area contributed by atoms with E-state index >= 15 is 0 Å². The SMILES string of the molecule is CCn1cc(NC(=O)c2cc(-c3cccc(Cl)c3)no2)ccc1=O. The molecule has 0 aliphatic heterocycles. The highest BCUT2D eigenvalue weighted by molar-refractivity contribution is 6.30. The van der Waals surface area contributed by atoms with Crippen LogP contribution in [0.1, 0.15) is 17.5 Å². The molecule has 24 heavy (non-hydrogen) atoms. The first-order valence-electron chi connectivity index (χ1n) is 7.31. The normalized spacial score (nSPS) is 10.6. The zero-order chi connectivity index (χ0) is 17.1. The fourth-order valence-corrected chi connectivity index (χ4v) is 2.40. The predicted octanol–water partition coefficient (Wildman–Crippen LogP) is 3.43. The van der Waals surface area contributed by atoms with Crippen molar-refractivity contribution >= 4 is 23.2 Å². The molecule has 1 aromatic carbocycles. The fourth-order valence-electron chi connectivity index (χ4n) is 2.21. The van der Waals surface area contributed by atoms with Crippen molar-refractivity contribution in [3.8, 4) is 11.3 Å². The van der Waals surface area contributed by atoms with E-state index in [1.54, 1.807) is 30.5 Å². The molecule has 2 heterocycles. The molecule has 0 saturated carbocycles. The Kier molecular flexibility index (Phi) is 4.48. The van der Waals surface area contributed by atoms with Crippen molar-refractivity contribution in [1.29, 1.82) is 0 Å². The van der Waals surface area contributed by atoms with Gasteiger partial charge in [0.1, 0.15) is 5.69 Å². The molecule has 2 aromatic heterocycles. The van der Waals surface area contributed by atoms with Crippen LogP contribution in [0.5, 0.6) is 0 Å². The van der Waals surface area contributed by atoms with Gasteiger partial charge < -0.3 is 14.4 Å². The molecule has 0 spiro atoms. The standard InChI is InChI=1S/C17H14ClN3O3/c1-2-21-10-13(6-7-16(21)22)19-17(23)15-9-14(20-24-15)11-4-3-5-12(18)8-11/h3-10H,2H2,1H3,(H,19,23). The number of carbonyl (C=O) groups excluding carboxylic acids is 1. The Balaban J connectivity index is 1.80. The van der Waals surface area contributed by atoms with E-state index in [4.69, 9.17) is 16.1 Å². The van der Waals surface area contributed by atoms with Crippen LogP contribution < -0.4 is 10.9 Å². The van der Waals surface area contributed by atoms with Crippen LogP contribution >= 0.6 is 11.6 Å². The summed E-state index contributed by atoms with van der Waals surface area (Å²) >= 11 is 5.95. The number of nitrogens with zero attached hydrogens (tertiary/aromatic N) is 2. The zero-order valence-corrected chi connectivity index (χ0v) is 13.6. The summed E-state index contributed by atoms with van der Waals surface area (Å²) in [6.07, 6.45) is 1.58. The molecule has 3 aromatic rings. The lowest BCUT2D eigenvalue weighted by atomic mass is 10.1. The van der Waals surface area contributed by atoms with Crippen molar-refractivity contribution in [2.75, 3.05) is 5.32 Å². The van der Waals surface area contributed by atoms with E-state index in [2.05, 4.69) is 10.5 Å². The minimum atomic E-state index is -0.447. The minimum absolute atomic E-state index is 0.0687. The lowest BCUT2D eigenvalue weighted by molar-refractivity contribution is 0.0988. The van der Waals surface area contributed by atoms with Gasteiger partial charge in [0.05, 0.1) is 5.69 Å². The summed E-state index contributed by atoms with van der Waals surface area (Å²) in [5.41, 5.74) is 1.64. The Morgan fingerprint density at radius 3 is 2.88 bits per heavy atom. The van der Waals surface area contributed by atoms with Crippen LogP contribution in [0.3, 0.4) is 0 Å². The van der Waals surface area contributed by atoms with E-state index in [0.29, 0.717) is 22.9 Å². The monoisotopic (exact) mass is 343 g/mol. The molecule has 7 heteroatoms. The zero-order valence-electron chi connectivity index (χ0n) is 12.8. The fraction of sp³-hybridized carbons (Fsp3) is 0.118. The van der Waals surface area contributed by atoms with Crippen molar-refractivity contribution in [2.24, 2.45) is 0 Å². The van der Waals surface area contributed by atoms with Gasteiger partial charge >= 0.3 is 0 Å². The van der Waals surface area contributed by atoms with Gasteiger partial charge in [0.15, 0.2) is 0 Å². The average Bonchev–Trinajstić information content (AvgIpc) is 3.07. The lowest BCUT2D eigenvalue weighted by Gasteiger charge is -2.06. The minimum Gasteiger partial charge on any atom is -0.350 e. The maximum absolute atomic E-state index is 12.3. The number of aryl methyl sites for hydroxylation is 1. The van der Waals surface area contributed by atoms with Crippen LogP contribution in [0.25, 0.3) is 11.3 Å². The highest BCUT2D eigenvalue weighted by Crippen LogP contribution is 2.22. The van der Waals surface area contributed by atoms with E-state index in [1.807, 2.05) is 13.0 Å². The summed E-state index contributed by atoms with van der Waals surface area (Å²) in [6, 6.07) is 11.6. The Hall–Kier alpha value is -2.86. The highest BCUT2D eigenvalue weighted by atomic mass is 35.5. The predicted molar refractivity (Wildman–Crippen MR) is 91.3 cm³/mol. The van der Waals surface area contributed by atoms with E-state index in [9.17, 15) is 9.59 Å². The lowest BCUT2D eigenvalue weighted by Crippen LogP contribution is -2.19. The second-order valence-electron chi connectivity index (χ2n) is 5.08. The first-order chi connectivity index (χ1) is 11.6. The number of hydrogen-bond donors (Lipinski definition) is 1. The van der Waals surface area contributed by atoms with Gasteiger partial charge in [-0.3, -0.25) is 9.59 Å².